The van der Waals surface area contributed by atoms with Crippen LogP contribution in [0.1, 0.15) is 23.7 Å². The molecule has 0 unspecified atom stereocenters. The van der Waals surface area contributed by atoms with Crippen molar-refractivity contribution in [2.45, 2.75) is 19.9 Å². The van der Waals surface area contributed by atoms with Crippen LogP contribution >= 0.6 is 0 Å². The number of rotatable bonds is 7. The number of hydrogen-bond donors (Lipinski definition) is 2. The maximum Gasteiger partial charge on any atom is 0.274 e. The van der Waals surface area contributed by atoms with Crippen LogP contribution in [0.3, 0.4) is 0 Å². The molecule has 1 aromatic heterocycles. The van der Waals surface area contributed by atoms with Gasteiger partial charge < -0.3 is 10.1 Å². The van der Waals surface area contributed by atoms with Gasteiger partial charge in [0.15, 0.2) is 0 Å². The first-order chi connectivity index (χ1) is 12.2. The average molecular weight is 336 g/mol. The first-order valence-electron chi connectivity index (χ1n) is 8.20. The molecule has 0 aliphatic heterocycles. The molecule has 0 saturated carbocycles. The first-order valence-corrected chi connectivity index (χ1v) is 8.20. The summed E-state index contributed by atoms with van der Waals surface area (Å²) in [6, 6.07) is 17.5. The summed E-state index contributed by atoms with van der Waals surface area (Å²) in [4.78, 5) is 14.9. The van der Waals surface area contributed by atoms with Gasteiger partial charge in [-0.05, 0) is 30.2 Å². The Kier molecular flexibility index (Phi) is 5.41. The highest BCUT2D eigenvalue weighted by molar-refractivity contribution is 5.30. The molecule has 1 heterocycles. The third-order valence-electron chi connectivity index (χ3n) is 3.67. The van der Waals surface area contributed by atoms with Crippen molar-refractivity contribution >= 4 is 5.95 Å². The molecule has 2 N–H and O–H groups in total. The van der Waals surface area contributed by atoms with E-state index in [4.69, 9.17) is 4.74 Å². The Labute approximate surface area is 145 Å². The molecule has 6 nitrogen and oxygen atoms in total. The van der Waals surface area contributed by atoms with Gasteiger partial charge in [0.25, 0.3) is 5.56 Å². The van der Waals surface area contributed by atoms with E-state index in [9.17, 15) is 4.79 Å². The van der Waals surface area contributed by atoms with Gasteiger partial charge in [-0.3, -0.25) is 9.78 Å². The van der Waals surface area contributed by atoms with Crippen molar-refractivity contribution in [1.29, 1.82) is 0 Å². The molecular formula is C19H20N4O2. The summed E-state index contributed by atoms with van der Waals surface area (Å²) in [7, 11) is 0. The lowest BCUT2D eigenvalue weighted by Gasteiger charge is -2.06. The molecule has 0 atom stereocenters. The van der Waals surface area contributed by atoms with Crippen LogP contribution in [0.5, 0.6) is 5.75 Å². The Morgan fingerprint density at radius 1 is 1.00 bits per heavy atom. The number of nitrogens with zero attached hydrogens (tertiary/aromatic N) is 2. The second-order valence-electron chi connectivity index (χ2n) is 5.54. The molecule has 0 spiro atoms. The zero-order chi connectivity index (χ0) is 17.5. The SMILES string of the molecule is CCOc1ccc(Cc2nnc(NCc3ccccc3)[nH]c2=O)cc1. The topological polar surface area (TPSA) is 79.9 Å². The minimum Gasteiger partial charge on any atom is -0.494 e. The molecule has 6 heteroatoms. The highest BCUT2D eigenvalue weighted by atomic mass is 16.5. The molecule has 3 aromatic rings. The summed E-state index contributed by atoms with van der Waals surface area (Å²) in [6.07, 6.45) is 0.424. The zero-order valence-corrected chi connectivity index (χ0v) is 14.0. The van der Waals surface area contributed by atoms with Gasteiger partial charge in [0, 0.05) is 13.0 Å². The smallest absolute Gasteiger partial charge is 0.274 e. The number of aromatic nitrogens is 3. The Balaban J connectivity index is 1.64. The lowest BCUT2D eigenvalue weighted by molar-refractivity contribution is 0.340. The number of H-pyrrole nitrogens is 1. The Morgan fingerprint density at radius 2 is 1.76 bits per heavy atom. The van der Waals surface area contributed by atoms with Gasteiger partial charge in [-0.15, -0.1) is 10.2 Å². The van der Waals surface area contributed by atoms with Crippen molar-refractivity contribution in [3.63, 3.8) is 0 Å². The number of benzene rings is 2. The van der Waals surface area contributed by atoms with Crippen LogP contribution < -0.4 is 15.6 Å². The zero-order valence-electron chi connectivity index (χ0n) is 14.0. The van der Waals surface area contributed by atoms with Crippen LogP contribution in [-0.4, -0.2) is 21.8 Å². The monoisotopic (exact) mass is 336 g/mol. The summed E-state index contributed by atoms with van der Waals surface area (Å²) >= 11 is 0. The van der Waals surface area contributed by atoms with Gasteiger partial charge in [-0.1, -0.05) is 42.5 Å². The van der Waals surface area contributed by atoms with Crippen molar-refractivity contribution < 1.29 is 4.74 Å². The third kappa shape index (κ3) is 4.67. The molecule has 2 aromatic carbocycles. The average Bonchev–Trinajstić information content (AvgIpc) is 2.65. The van der Waals surface area contributed by atoms with Crippen LogP contribution in [-0.2, 0) is 13.0 Å². The van der Waals surface area contributed by atoms with Crippen molar-refractivity contribution in [3.8, 4) is 5.75 Å². The fraction of sp³-hybridized carbons (Fsp3) is 0.211. The van der Waals surface area contributed by atoms with E-state index in [1.807, 2.05) is 61.5 Å². The highest BCUT2D eigenvalue weighted by Gasteiger charge is 2.06. The predicted octanol–water partition coefficient (Wildman–Crippen LogP) is 2.77. The lowest BCUT2D eigenvalue weighted by Crippen LogP contribution is -2.19. The maximum absolute atomic E-state index is 12.2. The van der Waals surface area contributed by atoms with E-state index in [-0.39, 0.29) is 5.56 Å². The summed E-state index contributed by atoms with van der Waals surface area (Å²) in [5.74, 6) is 1.18. The van der Waals surface area contributed by atoms with Crippen molar-refractivity contribution in [3.05, 3.63) is 81.8 Å². The molecule has 0 aliphatic carbocycles. The number of aromatic amines is 1. The number of nitrogens with one attached hydrogen (secondary N) is 2. The summed E-state index contributed by atoms with van der Waals surface area (Å²) in [5, 5.41) is 11.2. The molecule has 0 bridgehead atoms. The Morgan fingerprint density at radius 3 is 2.44 bits per heavy atom. The maximum atomic E-state index is 12.2. The minimum absolute atomic E-state index is 0.237. The van der Waals surface area contributed by atoms with Crippen molar-refractivity contribution in [2.75, 3.05) is 11.9 Å². The normalized spacial score (nSPS) is 10.4. The lowest BCUT2D eigenvalue weighted by atomic mass is 10.1. The van der Waals surface area contributed by atoms with E-state index in [1.165, 1.54) is 0 Å². The second kappa shape index (κ2) is 8.10. The molecule has 0 amide bonds. The number of ether oxygens (including phenoxy) is 1. The molecule has 0 aliphatic rings. The predicted molar refractivity (Wildman–Crippen MR) is 96.8 cm³/mol. The number of hydrogen-bond acceptors (Lipinski definition) is 5. The minimum atomic E-state index is -0.237. The second-order valence-corrected chi connectivity index (χ2v) is 5.54. The van der Waals surface area contributed by atoms with Crippen LogP contribution in [0.15, 0.2) is 59.4 Å². The van der Waals surface area contributed by atoms with Gasteiger partial charge in [0.1, 0.15) is 11.4 Å². The van der Waals surface area contributed by atoms with Crippen LogP contribution in [0.25, 0.3) is 0 Å². The fourth-order valence-corrected chi connectivity index (χ4v) is 2.40. The van der Waals surface area contributed by atoms with E-state index in [0.29, 0.717) is 31.2 Å². The highest BCUT2D eigenvalue weighted by Crippen LogP contribution is 2.13. The molecular weight excluding hydrogens is 316 g/mol. The quantitative estimate of drug-likeness (QED) is 0.693. The van der Waals surface area contributed by atoms with E-state index >= 15 is 0 Å². The molecule has 0 radical (unpaired) electrons. The molecule has 0 fully saturated rings. The van der Waals surface area contributed by atoms with Crippen LogP contribution in [0.2, 0.25) is 0 Å². The molecule has 0 saturated heterocycles. The van der Waals surface area contributed by atoms with Crippen LogP contribution in [0.4, 0.5) is 5.95 Å². The molecule has 128 valence electrons. The van der Waals surface area contributed by atoms with Crippen molar-refractivity contribution in [1.82, 2.24) is 15.2 Å². The molecule has 3 rings (SSSR count). The van der Waals surface area contributed by atoms with Gasteiger partial charge in [0.05, 0.1) is 6.61 Å². The first kappa shape index (κ1) is 16.7. The summed E-state index contributed by atoms with van der Waals surface area (Å²) in [6.45, 7) is 3.14. The standard InChI is InChI=1S/C19H20N4O2/c1-2-25-16-10-8-14(9-11-16)12-17-18(24)21-19(23-22-17)20-13-15-6-4-3-5-7-15/h3-11H,2,12-13H2,1H3,(H2,20,21,23,24). The van der Waals surface area contributed by atoms with E-state index in [1.54, 1.807) is 0 Å². The van der Waals surface area contributed by atoms with Crippen molar-refractivity contribution in [2.24, 2.45) is 0 Å². The summed E-state index contributed by atoms with van der Waals surface area (Å²) < 4.78 is 5.41. The third-order valence-corrected chi connectivity index (χ3v) is 3.67. The largest absolute Gasteiger partial charge is 0.494 e. The van der Waals surface area contributed by atoms with E-state index in [0.717, 1.165) is 16.9 Å². The van der Waals surface area contributed by atoms with Gasteiger partial charge in [-0.2, -0.15) is 0 Å². The fourth-order valence-electron chi connectivity index (χ4n) is 2.40. The molecule has 25 heavy (non-hydrogen) atoms. The van der Waals surface area contributed by atoms with Gasteiger partial charge >= 0.3 is 0 Å². The Bertz CT molecular complexity index is 861. The van der Waals surface area contributed by atoms with Gasteiger partial charge in [0.2, 0.25) is 5.95 Å². The van der Waals surface area contributed by atoms with E-state index in [2.05, 4.69) is 20.5 Å². The van der Waals surface area contributed by atoms with Gasteiger partial charge in [-0.25, -0.2) is 0 Å². The van der Waals surface area contributed by atoms with Crippen LogP contribution in [0, 0.1) is 0 Å². The number of anilines is 1. The van der Waals surface area contributed by atoms with E-state index < -0.39 is 0 Å². The Hall–Kier alpha value is -3.15. The summed E-state index contributed by atoms with van der Waals surface area (Å²) in [5.41, 5.74) is 2.23.